The minimum atomic E-state index is 0.234. The lowest BCUT2D eigenvalue weighted by Gasteiger charge is -2.35. The maximum Gasteiger partial charge on any atom is 0.226 e. The van der Waals surface area contributed by atoms with Crippen LogP contribution in [0.25, 0.3) is 0 Å². The Labute approximate surface area is 127 Å². The Kier molecular flexibility index (Phi) is 4.48. The van der Waals surface area contributed by atoms with Crippen molar-refractivity contribution >= 4 is 11.8 Å². The second kappa shape index (κ2) is 6.34. The van der Waals surface area contributed by atoms with Crippen LogP contribution in [0.2, 0.25) is 0 Å². The zero-order chi connectivity index (χ0) is 14.8. The highest BCUT2D eigenvalue weighted by Gasteiger charge is 2.41. The fourth-order valence-electron chi connectivity index (χ4n) is 3.24. The molecule has 1 heterocycles. The number of amides is 2. The molecule has 118 valence electrons. The van der Waals surface area contributed by atoms with Gasteiger partial charge in [0, 0.05) is 51.1 Å². The molecule has 0 aromatic rings. The monoisotopic (exact) mass is 293 g/mol. The number of rotatable bonds is 5. The second-order valence-electron chi connectivity index (χ2n) is 6.91. The Morgan fingerprint density at radius 3 is 2.33 bits per heavy atom. The van der Waals surface area contributed by atoms with Crippen LogP contribution in [-0.4, -0.2) is 60.9 Å². The summed E-state index contributed by atoms with van der Waals surface area (Å²) in [4.78, 5) is 28.3. The first-order valence-corrected chi connectivity index (χ1v) is 8.44. The highest BCUT2D eigenvalue weighted by atomic mass is 16.2. The molecule has 0 radical (unpaired) electrons. The number of piperazine rings is 1. The standard InChI is InChI=1S/C16H27N3O2/c1-12-11-14(12)16(21)19-9-7-18(8-10-19)6-5-17-15(20)13-3-2-4-13/h12-14H,2-11H2,1H3,(H,17,20)/t12-,14+/m1/s1. The number of hydrogen-bond acceptors (Lipinski definition) is 3. The first-order chi connectivity index (χ1) is 10.1. The van der Waals surface area contributed by atoms with Crippen molar-refractivity contribution < 1.29 is 9.59 Å². The van der Waals surface area contributed by atoms with Crippen LogP contribution in [0.15, 0.2) is 0 Å². The second-order valence-corrected chi connectivity index (χ2v) is 6.91. The number of nitrogens with one attached hydrogen (secondary N) is 1. The van der Waals surface area contributed by atoms with Crippen LogP contribution >= 0.6 is 0 Å². The maximum atomic E-state index is 12.1. The van der Waals surface area contributed by atoms with Crippen LogP contribution in [-0.2, 0) is 9.59 Å². The average Bonchev–Trinajstić information content (AvgIpc) is 3.14. The van der Waals surface area contributed by atoms with E-state index in [1.807, 2.05) is 4.90 Å². The molecule has 0 spiro atoms. The highest BCUT2D eigenvalue weighted by molar-refractivity contribution is 5.81. The van der Waals surface area contributed by atoms with Gasteiger partial charge in [-0.25, -0.2) is 0 Å². The van der Waals surface area contributed by atoms with Crippen molar-refractivity contribution in [1.82, 2.24) is 15.1 Å². The van der Waals surface area contributed by atoms with Gasteiger partial charge in [0.2, 0.25) is 11.8 Å². The van der Waals surface area contributed by atoms with E-state index in [4.69, 9.17) is 0 Å². The van der Waals surface area contributed by atoms with Gasteiger partial charge in [-0.15, -0.1) is 0 Å². The lowest BCUT2D eigenvalue weighted by atomic mass is 9.85. The predicted octanol–water partition coefficient (Wildman–Crippen LogP) is 0.703. The molecule has 1 N–H and O–H groups in total. The third-order valence-corrected chi connectivity index (χ3v) is 5.31. The predicted molar refractivity (Wildman–Crippen MR) is 80.6 cm³/mol. The summed E-state index contributed by atoms with van der Waals surface area (Å²) in [5, 5.41) is 3.04. The molecule has 2 aliphatic carbocycles. The third-order valence-electron chi connectivity index (χ3n) is 5.31. The van der Waals surface area contributed by atoms with Crippen LogP contribution < -0.4 is 5.32 Å². The van der Waals surface area contributed by atoms with E-state index in [0.717, 1.165) is 58.5 Å². The topological polar surface area (TPSA) is 52.7 Å². The number of hydrogen-bond donors (Lipinski definition) is 1. The van der Waals surface area contributed by atoms with E-state index in [1.54, 1.807) is 0 Å². The molecule has 0 aromatic heterocycles. The maximum absolute atomic E-state index is 12.1. The Balaban J connectivity index is 1.30. The largest absolute Gasteiger partial charge is 0.355 e. The molecule has 0 unspecified atom stereocenters. The zero-order valence-electron chi connectivity index (χ0n) is 13.0. The Hall–Kier alpha value is -1.10. The van der Waals surface area contributed by atoms with Gasteiger partial charge < -0.3 is 10.2 Å². The van der Waals surface area contributed by atoms with E-state index in [2.05, 4.69) is 17.1 Å². The van der Waals surface area contributed by atoms with Crippen molar-refractivity contribution in [2.24, 2.45) is 17.8 Å². The normalized spacial score (nSPS) is 29.9. The average molecular weight is 293 g/mol. The van der Waals surface area contributed by atoms with Crippen molar-refractivity contribution in [3.63, 3.8) is 0 Å². The van der Waals surface area contributed by atoms with Gasteiger partial charge >= 0.3 is 0 Å². The smallest absolute Gasteiger partial charge is 0.226 e. The van der Waals surface area contributed by atoms with Gasteiger partial charge in [0.15, 0.2) is 0 Å². The molecule has 5 nitrogen and oxygen atoms in total. The van der Waals surface area contributed by atoms with E-state index >= 15 is 0 Å². The van der Waals surface area contributed by atoms with Crippen molar-refractivity contribution in [1.29, 1.82) is 0 Å². The molecule has 2 amide bonds. The molecule has 3 fully saturated rings. The quantitative estimate of drug-likeness (QED) is 0.812. The summed E-state index contributed by atoms with van der Waals surface area (Å²) in [6.45, 7) is 7.36. The molecule has 1 saturated heterocycles. The summed E-state index contributed by atoms with van der Waals surface area (Å²) in [5.74, 6) is 1.77. The van der Waals surface area contributed by atoms with Crippen LogP contribution in [0.3, 0.4) is 0 Å². The Bertz CT molecular complexity index is 398. The fraction of sp³-hybridized carbons (Fsp3) is 0.875. The Morgan fingerprint density at radius 1 is 1.14 bits per heavy atom. The van der Waals surface area contributed by atoms with Gasteiger partial charge in [-0.3, -0.25) is 14.5 Å². The minimum Gasteiger partial charge on any atom is -0.355 e. The molecule has 0 aromatic carbocycles. The van der Waals surface area contributed by atoms with Gasteiger partial charge in [0.1, 0.15) is 0 Å². The first kappa shape index (κ1) is 14.8. The van der Waals surface area contributed by atoms with E-state index in [0.29, 0.717) is 17.7 Å². The molecule has 3 rings (SSSR count). The number of carbonyl (C=O) groups is 2. The molecule has 2 atom stereocenters. The van der Waals surface area contributed by atoms with Crippen molar-refractivity contribution in [2.45, 2.75) is 32.6 Å². The van der Waals surface area contributed by atoms with Crippen LogP contribution in [0.5, 0.6) is 0 Å². The van der Waals surface area contributed by atoms with Crippen LogP contribution in [0.1, 0.15) is 32.6 Å². The van der Waals surface area contributed by atoms with Crippen molar-refractivity contribution in [3.8, 4) is 0 Å². The molecule has 1 aliphatic heterocycles. The summed E-state index contributed by atoms with van der Waals surface area (Å²) in [6.07, 6.45) is 4.40. The van der Waals surface area contributed by atoms with E-state index in [1.165, 1.54) is 6.42 Å². The van der Waals surface area contributed by atoms with Crippen molar-refractivity contribution in [3.05, 3.63) is 0 Å². The van der Waals surface area contributed by atoms with Crippen molar-refractivity contribution in [2.75, 3.05) is 39.3 Å². The molecular formula is C16H27N3O2. The summed E-state index contributed by atoms with van der Waals surface area (Å²) in [7, 11) is 0. The van der Waals surface area contributed by atoms with Gasteiger partial charge in [-0.1, -0.05) is 13.3 Å². The van der Waals surface area contributed by atoms with Crippen LogP contribution in [0.4, 0.5) is 0 Å². The lowest BCUT2D eigenvalue weighted by Crippen LogP contribution is -2.51. The summed E-state index contributed by atoms with van der Waals surface area (Å²) in [6, 6.07) is 0. The number of carbonyl (C=O) groups excluding carboxylic acids is 2. The van der Waals surface area contributed by atoms with E-state index in [9.17, 15) is 9.59 Å². The lowest BCUT2D eigenvalue weighted by molar-refractivity contribution is -0.134. The fourth-order valence-corrected chi connectivity index (χ4v) is 3.24. The number of nitrogens with zero attached hydrogens (tertiary/aromatic N) is 2. The molecule has 2 saturated carbocycles. The van der Waals surface area contributed by atoms with E-state index < -0.39 is 0 Å². The SMILES string of the molecule is C[C@@H]1C[C@@H]1C(=O)N1CCN(CCNC(=O)C2CCC2)CC1. The van der Waals surface area contributed by atoms with Crippen LogP contribution in [0, 0.1) is 17.8 Å². The summed E-state index contributed by atoms with van der Waals surface area (Å²) >= 11 is 0. The summed E-state index contributed by atoms with van der Waals surface area (Å²) in [5.41, 5.74) is 0. The van der Waals surface area contributed by atoms with Gasteiger partial charge in [0.05, 0.1) is 0 Å². The van der Waals surface area contributed by atoms with Gasteiger partial charge in [-0.2, -0.15) is 0 Å². The zero-order valence-corrected chi connectivity index (χ0v) is 13.0. The van der Waals surface area contributed by atoms with Gasteiger partial charge in [-0.05, 0) is 25.2 Å². The first-order valence-electron chi connectivity index (χ1n) is 8.44. The minimum absolute atomic E-state index is 0.234. The third kappa shape index (κ3) is 3.57. The molecule has 5 heteroatoms. The Morgan fingerprint density at radius 2 is 1.81 bits per heavy atom. The van der Waals surface area contributed by atoms with E-state index in [-0.39, 0.29) is 11.8 Å². The highest BCUT2D eigenvalue weighted by Crippen LogP contribution is 2.39. The summed E-state index contributed by atoms with van der Waals surface area (Å²) < 4.78 is 0. The molecule has 21 heavy (non-hydrogen) atoms. The van der Waals surface area contributed by atoms with Gasteiger partial charge in [0.25, 0.3) is 0 Å². The molecule has 3 aliphatic rings. The molecular weight excluding hydrogens is 266 g/mol. The molecule has 0 bridgehead atoms.